The Morgan fingerprint density at radius 3 is 2.76 bits per heavy atom. The highest BCUT2D eigenvalue weighted by Gasteiger charge is 2.33. The van der Waals surface area contributed by atoms with Gasteiger partial charge in [0.05, 0.1) is 5.56 Å². The van der Waals surface area contributed by atoms with Crippen LogP contribution in [-0.2, 0) is 12.8 Å². The second-order valence-electron chi connectivity index (χ2n) is 6.60. The molecule has 2 atom stereocenters. The highest BCUT2D eigenvalue weighted by molar-refractivity contribution is 7.80. The summed E-state index contributed by atoms with van der Waals surface area (Å²) >= 11 is 5.27. The van der Waals surface area contributed by atoms with Crippen molar-refractivity contribution in [3.63, 3.8) is 0 Å². The normalized spacial score (nSPS) is 24.7. The van der Waals surface area contributed by atoms with Crippen molar-refractivity contribution in [1.82, 2.24) is 9.88 Å². The van der Waals surface area contributed by atoms with Gasteiger partial charge in [0, 0.05) is 24.8 Å². The van der Waals surface area contributed by atoms with E-state index >= 15 is 0 Å². The summed E-state index contributed by atoms with van der Waals surface area (Å²) < 4.78 is 0. The zero-order chi connectivity index (χ0) is 15.1. The zero-order valence-corrected chi connectivity index (χ0v) is 13.9. The fourth-order valence-electron chi connectivity index (χ4n) is 3.68. The topological polar surface area (TPSA) is 45.4 Å². The van der Waals surface area contributed by atoms with Gasteiger partial charge >= 0.3 is 0 Å². The number of likely N-dealkylation sites (N-methyl/N-ethyl adjacent to an activating group) is 1. The van der Waals surface area contributed by atoms with Gasteiger partial charge in [0.2, 0.25) is 0 Å². The molecule has 1 fully saturated rings. The molecule has 0 amide bonds. The minimum Gasteiger partial charge on any atom is -0.389 e. The Balaban J connectivity index is 1.97. The Labute approximate surface area is 132 Å². The van der Waals surface area contributed by atoms with Crippen LogP contribution in [0.1, 0.15) is 30.2 Å². The Morgan fingerprint density at radius 1 is 1.38 bits per heavy atom. The largest absolute Gasteiger partial charge is 0.389 e. The van der Waals surface area contributed by atoms with E-state index in [2.05, 4.69) is 36.9 Å². The predicted octanol–water partition coefficient (Wildman–Crippen LogP) is 1.59. The van der Waals surface area contributed by atoms with Crippen LogP contribution in [0.3, 0.4) is 0 Å². The standard InChI is InChI=1S/C16H24N4S/c1-10-8-20(9-14(10)19(2)3)16-12(15(17)21)7-11-5-4-6-13(11)18-16/h7,10,14H,4-6,8-9H2,1-3H3,(H2,17,21). The number of anilines is 1. The monoisotopic (exact) mass is 304 g/mol. The zero-order valence-electron chi connectivity index (χ0n) is 13.1. The molecule has 0 spiro atoms. The van der Waals surface area contributed by atoms with Crippen LogP contribution < -0.4 is 10.6 Å². The molecular formula is C16H24N4S. The summed E-state index contributed by atoms with van der Waals surface area (Å²) in [6.07, 6.45) is 3.38. The number of thiocarbonyl (C=S) groups is 1. The fourth-order valence-corrected chi connectivity index (χ4v) is 3.83. The van der Waals surface area contributed by atoms with Crippen molar-refractivity contribution in [2.24, 2.45) is 11.7 Å². The average Bonchev–Trinajstić information content (AvgIpc) is 3.02. The third-order valence-corrected chi connectivity index (χ3v) is 5.05. The molecule has 114 valence electrons. The van der Waals surface area contributed by atoms with E-state index in [1.54, 1.807) is 0 Å². The van der Waals surface area contributed by atoms with Crippen LogP contribution in [-0.4, -0.2) is 48.1 Å². The molecule has 2 aliphatic rings. The molecular weight excluding hydrogens is 280 g/mol. The number of aromatic nitrogens is 1. The van der Waals surface area contributed by atoms with Gasteiger partial charge in [-0.25, -0.2) is 4.98 Å². The number of hydrogen-bond acceptors (Lipinski definition) is 4. The lowest BCUT2D eigenvalue weighted by Crippen LogP contribution is -2.34. The van der Waals surface area contributed by atoms with Crippen molar-refractivity contribution in [1.29, 1.82) is 0 Å². The Kier molecular flexibility index (Phi) is 3.88. The smallest absolute Gasteiger partial charge is 0.139 e. The molecule has 21 heavy (non-hydrogen) atoms. The van der Waals surface area contributed by atoms with Crippen molar-refractivity contribution >= 4 is 23.0 Å². The van der Waals surface area contributed by atoms with Crippen molar-refractivity contribution in [2.45, 2.75) is 32.2 Å². The molecule has 0 saturated carbocycles. The van der Waals surface area contributed by atoms with Gasteiger partial charge < -0.3 is 15.5 Å². The maximum Gasteiger partial charge on any atom is 0.139 e. The van der Waals surface area contributed by atoms with Crippen LogP contribution in [0, 0.1) is 5.92 Å². The lowest BCUT2D eigenvalue weighted by atomic mass is 10.1. The van der Waals surface area contributed by atoms with E-state index in [-0.39, 0.29) is 0 Å². The highest BCUT2D eigenvalue weighted by Crippen LogP contribution is 2.31. The average molecular weight is 304 g/mol. The first-order valence-electron chi connectivity index (χ1n) is 7.71. The molecule has 1 saturated heterocycles. The van der Waals surface area contributed by atoms with Crippen LogP contribution in [0.2, 0.25) is 0 Å². The molecule has 1 aromatic rings. The van der Waals surface area contributed by atoms with Gasteiger partial charge in [-0.05, 0) is 50.9 Å². The maximum absolute atomic E-state index is 5.96. The molecule has 5 heteroatoms. The summed E-state index contributed by atoms with van der Waals surface area (Å²) in [5.74, 6) is 1.62. The van der Waals surface area contributed by atoms with Gasteiger partial charge in [-0.15, -0.1) is 0 Å². The van der Waals surface area contributed by atoms with E-state index in [1.807, 2.05) is 0 Å². The Morgan fingerprint density at radius 2 is 2.14 bits per heavy atom. The van der Waals surface area contributed by atoms with Gasteiger partial charge in [-0.3, -0.25) is 0 Å². The van der Waals surface area contributed by atoms with E-state index in [1.165, 1.54) is 17.7 Å². The third-order valence-electron chi connectivity index (χ3n) is 4.83. The first kappa shape index (κ1) is 14.7. The number of fused-ring (bicyclic) bond motifs is 1. The SMILES string of the molecule is CC1CN(c2nc3c(cc2C(N)=S)CCC3)CC1N(C)C. The van der Waals surface area contributed by atoms with Crippen LogP contribution in [0.25, 0.3) is 0 Å². The summed E-state index contributed by atoms with van der Waals surface area (Å²) in [7, 11) is 4.30. The van der Waals surface area contributed by atoms with Crippen LogP contribution in [0.15, 0.2) is 6.07 Å². The molecule has 2 heterocycles. The van der Waals surface area contributed by atoms with Crippen LogP contribution >= 0.6 is 12.2 Å². The fraction of sp³-hybridized carbons (Fsp3) is 0.625. The summed E-state index contributed by atoms with van der Waals surface area (Å²) in [4.78, 5) is 10.1. The molecule has 0 bridgehead atoms. The first-order chi connectivity index (χ1) is 9.97. The van der Waals surface area contributed by atoms with Gasteiger partial charge in [-0.1, -0.05) is 19.1 Å². The number of nitrogens with zero attached hydrogens (tertiary/aromatic N) is 3. The van der Waals surface area contributed by atoms with E-state index in [0.717, 1.165) is 37.3 Å². The Hall–Kier alpha value is -1.20. The van der Waals surface area contributed by atoms with E-state index in [4.69, 9.17) is 22.9 Å². The second-order valence-corrected chi connectivity index (χ2v) is 7.04. The molecule has 2 N–H and O–H groups in total. The predicted molar refractivity (Wildman–Crippen MR) is 91.0 cm³/mol. The summed E-state index contributed by atoms with van der Waals surface area (Å²) in [6, 6.07) is 2.74. The summed E-state index contributed by atoms with van der Waals surface area (Å²) in [5, 5.41) is 0. The molecule has 2 unspecified atom stereocenters. The van der Waals surface area contributed by atoms with E-state index < -0.39 is 0 Å². The minimum absolute atomic E-state index is 0.466. The van der Waals surface area contributed by atoms with Crippen molar-refractivity contribution in [2.75, 3.05) is 32.1 Å². The first-order valence-corrected chi connectivity index (χ1v) is 8.12. The number of pyridine rings is 1. The maximum atomic E-state index is 5.96. The quantitative estimate of drug-likeness (QED) is 0.859. The lowest BCUT2D eigenvalue weighted by molar-refractivity contribution is 0.266. The van der Waals surface area contributed by atoms with Gasteiger partial charge in [0.1, 0.15) is 10.8 Å². The molecule has 0 radical (unpaired) electrons. The second kappa shape index (κ2) is 5.54. The van der Waals surface area contributed by atoms with E-state index in [9.17, 15) is 0 Å². The number of nitrogens with two attached hydrogens (primary N) is 1. The Bertz CT molecular complexity index is 570. The van der Waals surface area contributed by atoms with Gasteiger partial charge in [0.25, 0.3) is 0 Å². The van der Waals surface area contributed by atoms with Crippen LogP contribution in [0.4, 0.5) is 5.82 Å². The molecule has 1 aromatic heterocycles. The van der Waals surface area contributed by atoms with Crippen LogP contribution in [0.5, 0.6) is 0 Å². The number of aryl methyl sites for hydroxylation is 2. The van der Waals surface area contributed by atoms with Gasteiger partial charge in [-0.2, -0.15) is 0 Å². The van der Waals surface area contributed by atoms with Crippen molar-refractivity contribution in [3.05, 3.63) is 22.9 Å². The minimum atomic E-state index is 0.466. The van der Waals surface area contributed by atoms with Gasteiger partial charge in [0.15, 0.2) is 0 Å². The van der Waals surface area contributed by atoms with E-state index in [0.29, 0.717) is 16.9 Å². The molecule has 1 aliphatic carbocycles. The number of hydrogen-bond donors (Lipinski definition) is 1. The molecule has 3 rings (SSSR count). The van der Waals surface area contributed by atoms with Crippen molar-refractivity contribution in [3.8, 4) is 0 Å². The molecule has 1 aliphatic heterocycles. The molecule has 4 nitrogen and oxygen atoms in total. The molecule has 0 aromatic carbocycles. The highest BCUT2D eigenvalue weighted by atomic mass is 32.1. The summed E-state index contributed by atoms with van der Waals surface area (Å²) in [6.45, 7) is 4.32. The summed E-state index contributed by atoms with van der Waals surface area (Å²) in [5.41, 5.74) is 9.49. The lowest BCUT2D eigenvalue weighted by Gasteiger charge is -2.24. The number of rotatable bonds is 3. The third kappa shape index (κ3) is 2.64. The van der Waals surface area contributed by atoms with Crippen molar-refractivity contribution < 1.29 is 0 Å².